The summed E-state index contributed by atoms with van der Waals surface area (Å²) in [6, 6.07) is 5.32. The third-order valence-electron chi connectivity index (χ3n) is 2.17. The summed E-state index contributed by atoms with van der Waals surface area (Å²) in [6.45, 7) is 5.81. The zero-order chi connectivity index (χ0) is 12.5. The second kappa shape index (κ2) is 4.08. The minimum Gasteiger partial charge on any atom is -0.345 e. The Bertz CT molecular complexity index is 539. The van der Waals surface area contributed by atoms with Gasteiger partial charge in [-0.15, -0.1) is 0 Å². The normalized spacial score (nSPS) is 11.5. The molecule has 17 heavy (non-hydrogen) atoms. The van der Waals surface area contributed by atoms with Gasteiger partial charge in [0.2, 0.25) is 0 Å². The van der Waals surface area contributed by atoms with Gasteiger partial charge in [0.15, 0.2) is 0 Å². The summed E-state index contributed by atoms with van der Waals surface area (Å²) < 4.78 is 0. The molecule has 0 aliphatic carbocycles. The average molecular weight is 232 g/mol. The Hall–Kier alpha value is -2.04. The number of rotatable bonds is 1. The number of nitrogens with one attached hydrogen (secondary N) is 3. The zero-order valence-corrected chi connectivity index (χ0v) is 10.2. The quantitative estimate of drug-likeness (QED) is 0.707. The van der Waals surface area contributed by atoms with Crippen LogP contribution in [0, 0.1) is 0 Å². The third-order valence-corrected chi connectivity index (χ3v) is 2.17. The molecule has 90 valence electrons. The Kier molecular flexibility index (Phi) is 2.75. The van der Waals surface area contributed by atoms with Gasteiger partial charge in [-0.05, 0) is 39.0 Å². The largest absolute Gasteiger partial charge is 0.345 e. The molecular formula is C12H16N4O. The van der Waals surface area contributed by atoms with Crippen LogP contribution in [0.1, 0.15) is 20.8 Å². The topological polar surface area (TPSA) is 69.8 Å². The summed E-state index contributed by atoms with van der Waals surface area (Å²) in [5.41, 5.74) is 2.27. The van der Waals surface area contributed by atoms with Gasteiger partial charge in [0.05, 0.1) is 17.4 Å². The van der Waals surface area contributed by atoms with E-state index in [1.54, 1.807) is 6.33 Å². The highest BCUT2D eigenvalue weighted by atomic mass is 16.2. The summed E-state index contributed by atoms with van der Waals surface area (Å²) in [5, 5.41) is 5.62. The van der Waals surface area contributed by atoms with Crippen molar-refractivity contribution in [2.45, 2.75) is 26.3 Å². The number of hydrogen-bond acceptors (Lipinski definition) is 2. The van der Waals surface area contributed by atoms with Gasteiger partial charge in [0, 0.05) is 11.2 Å². The molecule has 2 rings (SSSR count). The SMILES string of the molecule is CC(C)(C)NC(=O)Nc1ccc2nc[nH]c2c1. The summed E-state index contributed by atoms with van der Waals surface area (Å²) in [4.78, 5) is 18.8. The first-order valence-corrected chi connectivity index (χ1v) is 5.46. The fourth-order valence-corrected chi connectivity index (χ4v) is 1.52. The maximum atomic E-state index is 11.7. The summed E-state index contributed by atoms with van der Waals surface area (Å²) in [7, 11) is 0. The van der Waals surface area contributed by atoms with Gasteiger partial charge >= 0.3 is 6.03 Å². The van der Waals surface area contributed by atoms with Crippen LogP contribution in [-0.2, 0) is 0 Å². The first-order chi connectivity index (χ1) is 7.94. The molecule has 3 N–H and O–H groups in total. The summed E-state index contributed by atoms with van der Waals surface area (Å²) in [6.07, 6.45) is 1.63. The number of nitrogens with zero attached hydrogens (tertiary/aromatic N) is 1. The van der Waals surface area contributed by atoms with Crippen LogP contribution in [-0.4, -0.2) is 21.5 Å². The molecule has 2 amide bonds. The van der Waals surface area contributed by atoms with E-state index >= 15 is 0 Å². The lowest BCUT2D eigenvalue weighted by molar-refractivity contribution is 0.244. The second-order valence-corrected chi connectivity index (χ2v) is 4.96. The van der Waals surface area contributed by atoms with Crippen LogP contribution in [0.3, 0.4) is 0 Å². The number of imidazole rings is 1. The Balaban J connectivity index is 2.10. The van der Waals surface area contributed by atoms with Crippen LogP contribution in [0.5, 0.6) is 0 Å². The maximum Gasteiger partial charge on any atom is 0.319 e. The van der Waals surface area contributed by atoms with Crippen LogP contribution in [0.25, 0.3) is 11.0 Å². The van der Waals surface area contributed by atoms with Crippen molar-refractivity contribution in [1.82, 2.24) is 15.3 Å². The molecule has 2 aromatic rings. The van der Waals surface area contributed by atoms with Crippen molar-refractivity contribution in [3.8, 4) is 0 Å². The molecule has 0 saturated heterocycles. The molecule has 1 heterocycles. The Morgan fingerprint density at radius 1 is 1.35 bits per heavy atom. The number of aromatic nitrogens is 2. The number of aromatic amines is 1. The molecular weight excluding hydrogens is 216 g/mol. The predicted molar refractivity (Wildman–Crippen MR) is 68.0 cm³/mol. The standard InChI is InChI=1S/C12H16N4O/c1-12(2,3)16-11(17)15-8-4-5-9-10(6-8)14-7-13-9/h4-7H,1-3H3,(H,13,14)(H2,15,16,17). The zero-order valence-electron chi connectivity index (χ0n) is 10.2. The smallest absolute Gasteiger partial charge is 0.319 e. The Labute approximate surface area is 99.6 Å². The van der Waals surface area contributed by atoms with Crippen molar-refractivity contribution in [3.63, 3.8) is 0 Å². The lowest BCUT2D eigenvalue weighted by Crippen LogP contribution is -2.43. The number of carbonyl (C=O) groups is 1. The number of fused-ring (bicyclic) bond motifs is 1. The minimum atomic E-state index is -0.248. The van der Waals surface area contributed by atoms with E-state index in [-0.39, 0.29) is 11.6 Å². The highest BCUT2D eigenvalue weighted by Crippen LogP contribution is 2.15. The molecule has 1 aromatic heterocycles. The molecule has 0 radical (unpaired) electrons. The van der Waals surface area contributed by atoms with E-state index in [1.165, 1.54) is 0 Å². The van der Waals surface area contributed by atoms with E-state index in [0.717, 1.165) is 16.7 Å². The molecule has 0 fully saturated rings. The minimum absolute atomic E-state index is 0.212. The van der Waals surface area contributed by atoms with E-state index in [1.807, 2.05) is 39.0 Å². The second-order valence-electron chi connectivity index (χ2n) is 4.96. The number of amides is 2. The summed E-state index contributed by atoms with van der Waals surface area (Å²) >= 11 is 0. The van der Waals surface area contributed by atoms with E-state index in [0.29, 0.717) is 0 Å². The van der Waals surface area contributed by atoms with Gasteiger partial charge in [-0.3, -0.25) is 0 Å². The molecule has 0 bridgehead atoms. The maximum absolute atomic E-state index is 11.7. The number of hydrogen-bond donors (Lipinski definition) is 3. The van der Waals surface area contributed by atoms with E-state index in [9.17, 15) is 4.79 Å². The fourth-order valence-electron chi connectivity index (χ4n) is 1.52. The monoisotopic (exact) mass is 232 g/mol. The number of carbonyl (C=O) groups excluding carboxylic acids is 1. The van der Waals surface area contributed by atoms with Gasteiger partial charge in [0.1, 0.15) is 0 Å². The molecule has 1 aromatic carbocycles. The highest BCUT2D eigenvalue weighted by molar-refractivity contribution is 5.92. The lowest BCUT2D eigenvalue weighted by Gasteiger charge is -2.20. The van der Waals surface area contributed by atoms with Gasteiger partial charge < -0.3 is 15.6 Å². The predicted octanol–water partition coefficient (Wildman–Crippen LogP) is 2.48. The molecule has 0 spiro atoms. The third kappa shape index (κ3) is 2.96. The molecule has 5 heteroatoms. The fraction of sp³-hybridized carbons (Fsp3) is 0.333. The van der Waals surface area contributed by atoms with Gasteiger partial charge in [-0.25, -0.2) is 9.78 Å². The van der Waals surface area contributed by atoms with Crippen molar-refractivity contribution in [1.29, 1.82) is 0 Å². The van der Waals surface area contributed by atoms with Gasteiger partial charge in [-0.2, -0.15) is 0 Å². The van der Waals surface area contributed by atoms with Crippen LogP contribution < -0.4 is 10.6 Å². The van der Waals surface area contributed by atoms with Crippen molar-refractivity contribution in [3.05, 3.63) is 24.5 Å². The van der Waals surface area contributed by atoms with Crippen LogP contribution in [0.15, 0.2) is 24.5 Å². The molecule has 0 unspecified atom stereocenters. The number of benzene rings is 1. The van der Waals surface area contributed by atoms with Crippen LogP contribution in [0.4, 0.5) is 10.5 Å². The lowest BCUT2D eigenvalue weighted by atomic mass is 10.1. The van der Waals surface area contributed by atoms with Gasteiger partial charge in [0.25, 0.3) is 0 Å². The number of urea groups is 1. The van der Waals surface area contributed by atoms with E-state index in [2.05, 4.69) is 20.6 Å². The molecule has 0 saturated carbocycles. The van der Waals surface area contributed by atoms with E-state index in [4.69, 9.17) is 0 Å². The highest BCUT2D eigenvalue weighted by Gasteiger charge is 2.13. The van der Waals surface area contributed by atoms with Crippen molar-refractivity contribution < 1.29 is 4.79 Å². The first-order valence-electron chi connectivity index (χ1n) is 5.46. The average Bonchev–Trinajstić information content (AvgIpc) is 2.61. The number of H-pyrrole nitrogens is 1. The number of anilines is 1. The Morgan fingerprint density at radius 2 is 2.12 bits per heavy atom. The summed E-state index contributed by atoms with van der Waals surface area (Å²) in [5.74, 6) is 0. The van der Waals surface area contributed by atoms with Crippen molar-refractivity contribution in [2.75, 3.05) is 5.32 Å². The first kappa shape index (κ1) is 11.4. The van der Waals surface area contributed by atoms with Gasteiger partial charge in [-0.1, -0.05) is 0 Å². The van der Waals surface area contributed by atoms with Crippen molar-refractivity contribution >= 4 is 22.8 Å². The van der Waals surface area contributed by atoms with E-state index < -0.39 is 0 Å². The van der Waals surface area contributed by atoms with Crippen LogP contribution >= 0.6 is 0 Å². The Morgan fingerprint density at radius 3 is 2.82 bits per heavy atom. The molecule has 0 atom stereocenters. The molecule has 5 nitrogen and oxygen atoms in total. The van der Waals surface area contributed by atoms with Crippen molar-refractivity contribution in [2.24, 2.45) is 0 Å². The molecule has 0 aliphatic rings. The van der Waals surface area contributed by atoms with Crippen LogP contribution in [0.2, 0.25) is 0 Å². The molecule has 0 aliphatic heterocycles.